The van der Waals surface area contributed by atoms with Crippen molar-refractivity contribution >= 4 is 21.1 Å². The molecule has 0 fully saturated rings. The van der Waals surface area contributed by atoms with Crippen LogP contribution in [0.3, 0.4) is 0 Å². The highest BCUT2D eigenvalue weighted by Gasteiger charge is 2.26. The third-order valence-electron chi connectivity index (χ3n) is 6.34. The molecule has 0 amide bonds. The van der Waals surface area contributed by atoms with Crippen molar-refractivity contribution < 1.29 is 17.8 Å². The number of nitrogens with zero attached hydrogens (tertiary/aromatic N) is 4. The SMILES string of the molecule is CCCc1[nH][n+](C)c2c(=O)[nH]c(-c3cc(S(=O)(=O)N(C)CCN(CCC)CCC)ccc3OCC)nc12. The van der Waals surface area contributed by atoms with E-state index in [1.165, 1.54) is 4.31 Å². The Balaban J connectivity index is 2.03. The second-order valence-corrected chi connectivity index (χ2v) is 11.3. The van der Waals surface area contributed by atoms with E-state index in [4.69, 9.17) is 9.72 Å². The van der Waals surface area contributed by atoms with E-state index in [1.54, 1.807) is 37.0 Å². The molecule has 0 aliphatic heterocycles. The summed E-state index contributed by atoms with van der Waals surface area (Å²) in [7, 11) is -0.397. The highest BCUT2D eigenvalue weighted by atomic mass is 32.2. The molecule has 3 rings (SSSR count). The van der Waals surface area contributed by atoms with Crippen LogP contribution in [0.5, 0.6) is 5.75 Å². The minimum absolute atomic E-state index is 0.127. The van der Waals surface area contributed by atoms with Crippen molar-refractivity contribution in [2.45, 2.75) is 58.3 Å². The predicted octanol–water partition coefficient (Wildman–Crippen LogP) is 2.84. The molecule has 0 bridgehead atoms. The largest absolute Gasteiger partial charge is 0.493 e. The summed E-state index contributed by atoms with van der Waals surface area (Å²) in [6.45, 7) is 11.5. The fourth-order valence-electron chi connectivity index (χ4n) is 4.54. The van der Waals surface area contributed by atoms with Crippen molar-refractivity contribution in [2.24, 2.45) is 7.05 Å². The molecular weight excluding hydrogens is 492 g/mol. The molecule has 0 radical (unpaired) electrons. The van der Waals surface area contributed by atoms with Crippen molar-refractivity contribution in [1.82, 2.24) is 24.3 Å². The summed E-state index contributed by atoms with van der Waals surface area (Å²) in [4.78, 5) is 23.0. The summed E-state index contributed by atoms with van der Waals surface area (Å²) in [5.41, 5.74) is 2.00. The normalized spacial score (nSPS) is 12.2. The number of rotatable bonds is 14. The van der Waals surface area contributed by atoms with Gasteiger partial charge in [-0.1, -0.05) is 27.2 Å². The van der Waals surface area contributed by atoms with Crippen molar-refractivity contribution in [3.05, 3.63) is 34.2 Å². The summed E-state index contributed by atoms with van der Waals surface area (Å²) in [5, 5.41) is 3.20. The first kappa shape index (κ1) is 28.8. The zero-order valence-electron chi connectivity index (χ0n) is 22.9. The number of aromatic amines is 2. The van der Waals surface area contributed by atoms with E-state index in [2.05, 4.69) is 35.8 Å². The number of aryl methyl sites for hydroxylation is 2. The first-order valence-corrected chi connectivity index (χ1v) is 14.6. The molecule has 0 atom stereocenters. The molecule has 0 aliphatic carbocycles. The molecule has 0 aliphatic rings. The quantitative estimate of drug-likeness (QED) is 0.308. The lowest BCUT2D eigenvalue weighted by atomic mass is 10.1. The molecule has 2 N–H and O–H groups in total. The van der Waals surface area contributed by atoms with Gasteiger partial charge in [-0.15, -0.1) is 4.68 Å². The molecule has 37 heavy (non-hydrogen) atoms. The molecule has 0 saturated carbocycles. The van der Waals surface area contributed by atoms with Gasteiger partial charge < -0.3 is 14.6 Å². The van der Waals surface area contributed by atoms with Crippen LogP contribution in [0.1, 0.15) is 52.7 Å². The van der Waals surface area contributed by atoms with E-state index in [0.29, 0.717) is 42.0 Å². The number of benzene rings is 1. The Morgan fingerprint density at radius 3 is 2.35 bits per heavy atom. The number of sulfonamides is 1. The maximum atomic E-state index is 13.5. The number of likely N-dealkylation sites (N-methyl/N-ethyl adjacent to an activating group) is 1. The Bertz CT molecular complexity index is 1360. The number of hydrogen-bond donors (Lipinski definition) is 2. The molecule has 0 spiro atoms. The Hall–Kier alpha value is -2.76. The van der Waals surface area contributed by atoms with Crippen LogP contribution in [0, 0.1) is 0 Å². The van der Waals surface area contributed by atoms with Gasteiger partial charge in [0.25, 0.3) is 0 Å². The number of H-pyrrole nitrogens is 2. The lowest BCUT2D eigenvalue weighted by Crippen LogP contribution is -2.37. The van der Waals surface area contributed by atoms with Gasteiger partial charge in [-0.25, -0.2) is 13.4 Å². The molecule has 1 aromatic carbocycles. The molecular formula is C26H41N6O4S+. The van der Waals surface area contributed by atoms with Crippen molar-refractivity contribution in [1.29, 1.82) is 0 Å². The van der Waals surface area contributed by atoms with Crippen LogP contribution in [0.4, 0.5) is 0 Å². The van der Waals surface area contributed by atoms with Crippen molar-refractivity contribution in [3.8, 4) is 17.1 Å². The number of hydrogen-bond acceptors (Lipinski definition) is 6. The predicted molar refractivity (Wildman–Crippen MR) is 145 cm³/mol. The molecule has 0 saturated heterocycles. The monoisotopic (exact) mass is 533 g/mol. The summed E-state index contributed by atoms with van der Waals surface area (Å²) in [6, 6.07) is 4.73. The number of ether oxygens (including phenoxy) is 1. The van der Waals surface area contributed by atoms with E-state index in [9.17, 15) is 13.2 Å². The maximum Gasteiger partial charge on any atom is 0.326 e. The van der Waals surface area contributed by atoms with Crippen LogP contribution in [-0.2, 0) is 23.5 Å². The second kappa shape index (κ2) is 12.7. The lowest BCUT2D eigenvalue weighted by molar-refractivity contribution is -0.703. The van der Waals surface area contributed by atoms with Gasteiger partial charge in [-0.2, -0.15) is 9.40 Å². The van der Waals surface area contributed by atoms with E-state index in [0.717, 1.165) is 44.5 Å². The summed E-state index contributed by atoms with van der Waals surface area (Å²) in [5.74, 6) is 0.732. The third-order valence-corrected chi connectivity index (χ3v) is 8.20. The Labute approximate surface area is 219 Å². The topological polar surface area (TPSA) is 115 Å². The summed E-state index contributed by atoms with van der Waals surface area (Å²) in [6.07, 6.45) is 3.66. The number of nitrogens with one attached hydrogen (secondary N) is 2. The van der Waals surface area contributed by atoms with Gasteiger partial charge in [0, 0.05) is 20.1 Å². The summed E-state index contributed by atoms with van der Waals surface area (Å²) < 4.78 is 35.8. The van der Waals surface area contributed by atoms with Gasteiger partial charge in [0.2, 0.25) is 10.0 Å². The standard InChI is InChI=1S/C26H40N6O4S/c1-7-11-21-23-24(31(6)29-21)26(33)28-25(27-23)20-18-19(12-13-22(20)36-10-4)37(34,35)30(5)16-17-32(14-8-2)15-9-3/h12-13,18H,7-11,14-17H2,1-6H3,(H,27,28,33)/p+1. The van der Waals surface area contributed by atoms with Gasteiger partial charge in [0.05, 0.1) is 17.1 Å². The Kier molecular flexibility index (Phi) is 9.86. The molecule has 11 heteroatoms. The van der Waals surface area contributed by atoms with Gasteiger partial charge in [0.1, 0.15) is 17.3 Å². The van der Waals surface area contributed by atoms with Gasteiger partial charge in [-0.3, -0.25) is 4.79 Å². The van der Waals surface area contributed by atoms with Crippen molar-refractivity contribution in [2.75, 3.05) is 39.8 Å². The van der Waals surface area contributed by atoms with E-state index >= 15 is 0 Å². The zero-order chi connectivity index (χ0) is 27.2. The van der Waals surface area contributed by atoms with E-state index in [-0.39, 0.29) is 16.3 Å². The fourth-order valence-corrected chi connectivity index (χ4v) is 5.73. The Morgan fingerprint density at radius 1 is 1.03 bits per heavy atom. The number of aromatic nitrogens is 4. The van der Waals surface area contributed by atoms with Crippen LogP contribution in [0.25, 0.3) is 22.4 Å². The molecule has 10 nitrogen and oxygen atoms in total. The fraction of sp³-hybridized carbons (Fsp3) is 0.577. The van der Waals surface area contributed by atoms with Crippen molar-refractivity contribution in [3.63, 3.8) is 0 Å². The van der Waals surface area contributed by atoms with Gasteiger partial charge in [0.15, 0.2) is 12.6 Å². The minimum Gasteiger partial charge on any atom is -0.493 e. The molecule has 2 heterocycles. The van der Waals surface area contributed by atoms with E-state index < -0.39 is 10.0 Å². The Morgan fingerprint density at radius 2 is 1.73 bits per heavy atom. The van der Waals surface area contributed by atoms with Crippen LogP contribution in [0.15, 0.2) is 27.9 Å². The average Bonchev–Trinajstić information content (AvgIpc) is 3.18. The summed E-state index contributed by atoms with van der Waals surface area (Å²) >= 11 is 0. The number of fused-ring (bicyclic) bond motifs is 1. The zero-order valence-corrected chi connectivity index (χ0v) is 23.7. The molecule has 3 aromatic rings. The van der Waals surface area contributed by atoms with E-state index in [1.807, 2.05) is 6.92 Å². The maximum absolute atomic E-state index is 13.5. The molecule has 2 aromatic heterocycles. The van der Waals surface area contributed by atoms with Crippen LogP contribution < -0.4 is 15.0 Å². The first-order chi connectivity index (χ1) is 17.7. The minimum atomic E-state index is -3.77. The second-order valence-electron chi connectivity index (χ2n) is 9.27. The molecule has 204 valence electrons. The smallest absolute Gasteiger partial charge is 0.326 e. The highest BCUT2D eigenvalue weighted by molar-refractivity contribution is 7.89. The average molecular weight is 534 g/mol. The first-order valence-electron chi connectivity index (χ1n) is 13.1. The third kappa shape index (κ3) is 6.39. The highest BCUT2D eigenvalue weighted by Crippen LogP contribution is 2.31. The van der Waals surface area contributed by atoms with Crippen LogP contribution >= 0.6 is 0 Å². The van der Waals surface area contributed by atoms with Crippen LogP contribution in [-0.4, -0.2) is 72.5 Å². The van der Waals surface area contributed by atoms with Crippen LogP contribution in [0.2, 0.25) is 0 Å². The van der Waals surface area contributed by atoms with Gasteiger partial charge in [-0.05, 0) is 57.5 Å². The van der Waals surface area contributed by atoms with Gasteiger partial charge >= 0.3 is 11.1 Å². The molecule has 0 unspecified atom stereocenters. The lowest BCUT2D eigenvalue weighted by Gasteiger charge is -2.24.